The van der Waals surface area contributed by atoms with Gasteiger partial charge < -0.3 is 29.3 Å². The van der Waals surface area contributed by atoms with Gasteiger partial charge in [-0.05, 0) is 67.9 Å². The van der Waals surface area contributed by atoms with E-state index >= 15 is 4.39 Å². The van der Waals surface area contributed by atoms with Crippen LogP contribution in [-0.4, -0.2) is 67.9 Å². The van der Waals surface area contributed by atoms with Gasteiger partial charge in [0.2, 0.25) is 11.7 Å². The van der Waals surface area contributed by atoms with Crippen LogP contribution < -0.4 is 24.4 Å². The van der Waals surface area contributed by atoms with Crippen molar-refractivity contribution in [2.45, 2.75) is 31.6 Å². The molecule has 3 aromatic carbocycles. The molecule has 1 atom stereocenters. The van der Waals surface area contributed by atoms with Crippen molar-refractivity contribution in [1.29, 1.82) is 0 Å². The summed E-state index contributed by atoms with van der Waals surface area (Å²) in [6.45, 7) is 3.50. The number of thioether (sulfide) groups is 1. The first-order chi connectivity index (χ1) is 22.0. The lowest BCUT2D eigenvalue weighted by Gasteiger charge is -2.32. The van der Waals surface area contributed by atoms with Gasteiger partial charge in [0.05, 0.1) is 27.1 Å². The minimum Gasteiger partial charge on any atom is -0.493 e. The zero-order chi connectivity index (χ0) is 33.4. The van der Waals surface area contributed by atoms with Crippen molar-refractivity contribution in [2.24, 2.45) is 0 Å². The fourth-order valence-electron chi connectivity index (χ4n) is 4.89. The maximum absolute atomic E-state index is 15.1. The first-order valence-electron chi connectivity index (χ1n) is 14.4. The molecule has 12 heteroatoms. The molecule has 0 aliphatic heterocycles. The Bertz CT molecular complexity index is 1640. The highest BCUT2D eigenvalue weighted by Gasteiger charge is 2.34. The Hall–Kier alpha value is -4.84. The molecule has 0 fully saturated rings. The van der Waals surface area contributed by atoms with E-state index in [0.717, 1.165) is 28.8 Å². The number of methoxy groups -OCH3 is 3. The number of amides is 2. The standard InChI is InChI=1S/C34H38FN5O5S/c1-21-16-22(2)37-34(36-21)46-20-30(41)40(19-23-10-8-9-11-27(23)35)31(24-17-28(43-5)32(45-7)29(18-24)44-6)33(42)38-25-12-14-26(15-13-25)39(3)4/h8-18,31H,19-20H2,1-7H3,(H,38,42). The van der Waals surface area contributed by atoms with Crippen molar-refractivity contribution in [3.63, 3.8) is 0 Å². The summed E-state index contributed by atoms with van der Waals surface area (Å²) in [5.74, 6) is -0.668. The van der Waals surface area contributed by atoms with Crippen LogP contribution in [0.3, 0.4) is 0 Å². The van der Waals surface area contributed by atoms with Gasteiger partial charge in [0.1, 0.15) is 11.9 Å². The normalized spacial score (nSPS) is 11.4. The lowest BCUT2D eigenvalue weighted by Crippen LogP contribution is -2.42. The molecule has 0 aliphatic rings. The number of aryl methyl sites for hydroxylation is 2. The number of carbonyl (C=O) groups excluding carboxylic acids is 2. The van der Waals surface area contributed by atoms with Crippen molar-refractivity contribution in [3.05, 3.63) is 95.1 Å². The number of halogens is 1. The first kappa shape index (κ1) is 34.0. The number of carbonyl (C=O) groups is 2. The maximum Gasteiger partial charge on any atom is 0.251 e. The number of hydrogen-bond acceptors (Lipinski definition) is 9. The average molecular weight is 648 g/mol. The van der Waals surface area contributed by atoms with Gasteiger partial charge in [-0.1, -0.05) is 30.0 Å². The predicted octanol–water partition coefficient (Wildman–Crippen LogP) is 5.83. The number of rotatable bonds is 13. The summed E-state index contributed by atoms with van der Waals surface area (Å²) < 4.78 is 31.8. The van der Waals surface area contributed by atoms with E-state index in [2.05, 4.69) is 15.3 Å². The van der Waals surface area contributed by atoms with E-state index in [1.54, 1.807) is 42.5 Å². The molecule has 0 bridgehead atoms. The molecular formula is C34H38FN5O5S. The topological polar surface area (TPSA) is 106 Å². The lowest BCUT2D eigenvalue weighted by molar-refractivity contribution is -0.137. The van der Waals surface area contributed by atoms with Gasteiger partial charge in [-0.2, -0.15) is 0 Å². The Kier molecular flexibility index (Phi) is 11.4. The molecule has 1 aromatic heterocycles. The van der Waals surface area contributed by atoms with Gasteiger partial charge in [0, 0.05) is 49.0 Å². The minimum absolute atomic E-state index is 0.108. The molecule has 10 nitrogen and oxygen atoms in total. The third kappa shape index (κ3) is 8.25. The van der Waals surface area contributed by atoms with E-state index in [9.17, 15) is 9.59 Å². The van der Waals surface area contributed by atoms with Gasteiger partial charge in [0.25, 0.3) is 5.91 Å². The smallest absolute Gasteiger partial charge is 0.251 e. The second kappa shape index (κ2) is 15.4. The average Bonchev–Trinajstić information content (AvgIpc) is 3.03. The van der Waals surface area contributed by atoms with Gasteiger partial charge in [-0.15, -0.1) is 0 Å². The SMILES string of the molecule is COc1cc(C(C(=O)Nc2ccc(N(C)C)cc2)N(Cc2ccccc2F)C(=O)CSc2nc(C)cc(C)n2)cc(OC)c1OC. The van der Waals surface area contributed by atoms with E-state index in [4.69, 9.17) is 14.2 Å². The van der Waals surface area contributed by atoms with E-state index in [1.807, 2.05) is 51.0 Å². The van der Waals surface area contributed by atoms with Crippen molar-refractivity contribution < 1.29 is 28.2 Å². The van der Waals surface area contributed by atoms with Crippen LogP contribution in [-0.2, 0) is 16.1 Å². The summed E-state index contributed by atoms with van der Waals surface area (Å²) in [5.41, 5.74) is 3.60. The predicted molar refractivity (Wildman–Crippen MR) is 177 cm³/mol. The third-order valence-electron chi connectivity index (χ3n) is 7.12. The first-order valence-corrected chi connectivity index (χ1v) is 15.4. The van der Waals surface area contributed by atoms with Gasteiger partial charge in [-0.3, -0.25) is 9.59 Å². The number of nitrogens with zero attached hydrogens (tertiary/aromatic N) is 4. The summed E-state index contributed by atoms with van der Waals surface area (Å²) in [7, 11) is 8.24. The molecule has 242 valence electrons. The zero-order valence-electron chi connectivity index (χ0n) is 27.0. The van der Waals surface area contributed by atoms with Gasteiger partial charge in [0.15, 0.2) is 16.7 Å². The summed E-state index contributed by atoms with van der Waals surface area (Å²) in [6.07, 6.45) is 0. The number of nitrogens with one attached hydrogen (secondary N) is 1. The summed E-state index contributed by atoms with van der Waals surface area (Å²) >= 11 is 1.14. The lowest BCUT2D eigenvalue weighted by atomic mass is 10.0. The van der Waals surface area contributed by atoms with Crippen LogP contribution in [0.25, 0.3) is 0 Å². The van der Waals surface area contributed by atoms with Crippen molar-refractivity contribution >= 4 is 35.0 Å². The molecule has 0 radical (unpaired) electrons. The number of aromatic nitrogens is 2. The molecule has 0 aliphatic carbocycles. The second-order valence-corrected chi connectivity index (χ2v) is 11.6. The molecule has 1 heterocycles. The Balaban J connectivity index is 1.82. The molecule has 1 N–H and O–H groups in total. The molecule has 2 amide bonds. The van der Waals surface area contributed by atoms with Crippen molar-refractivity contribution in [3.8, 4) is 17.2 Å². The fourth-order valence-corrected chi connectivity index (χ4v) is 5.72. The number of benzene rings is 3. The third-order valence-corrected chi connectivity index (χ3v) is 7.95. The Morgan fingerprint density at radius 3 is 2.04 bits per heavy atom. The highest BCUT2D eigenvalue weighted by Crippen LogP contribution is 2.41. The minimum atomic E-state index is -1.24. The quantitative estimate of drug-likeness (QED) is 0.142. The number of hydrogen-bond donors (Lipinski definition) is 1. The zero-order valence-corrected chi connectivity index (χ0v) is 27.8. The van der Waals surface area contributed by atoms with Crippen LogP contribution in [0, 0.1) is 19.7 Å². The highest BCUT2D eigenvalue weighted by atomic mass is 32.2. The van der Waals surface area contributed by atoms with E-state index in [1.165, 1.54) is 32.3 Å². The molecule has 0 saturated carbocycles. The van der Waals surface area contributed by atoms with Crippen LogP contribution >= 0.6 is 11.8 Å². The summed E-state index contributed by atoms with van der Waals surface area (Å²) in [5, 5.41) is 3.37. The van der Waals surface area contributed by atoms with Crippen molar-refractivity contribution in [1.82, 2.24) is 14.9 Å². The highest BCUT2D eigenvalue weighted by molar-refractivity contribution is 7.99. The molecular weight excluding hydrogens is 609 g/mol. The van der Waals surface area contributed by atoms with E-state index in [0.29, 0.717) is 33.7 Å². The maximum atomic E-state index is 15.1. The van der Waals surface area contributed by atoms with Crippen molar-refractivity contribution in [2.75, 3.05) is 51.4 Å². The van der Waals surface area contributed by atoms with Gasteiger partial charge in [-0.25, -0.2) is 14.4 Å². The van der Waals surface area contributed by atoms with Gasteiger partial charge >= 0.3 is 0 Å². The largest absolute Gasteiger partial charge is 0.493 e. The van der Waals surface area contributed by atoms with Crippen LogP contribution in [0.5, 0.6) is 17.2 Å². The number of ether oxygens (including phenoxy) is 3. The summed E-state index contributed by atoms with van der Waals surface area (Å²) in [4.78, 5) is 40.6. The van der Waals surface area contributed by atoms with Crippen LogP contribution in [0.4, 0.5) is 15.8 Å². The molecule has 4 aromatic rings. The van der Waals surface area contributed by atoms with Crippen LogP contribution in [0.2, 0.25) is 0 Å². The monoisotopic (exact) mass is 647 g/mol. The Morgan fingerprint density at radius 2 is 1.50 bits per heavy atom. The van der Waals surface area contributed by atoms with E-state index in [-0.39, 0.29) is 17.9 Å². The molecule has 4 rings (SSSR count). The second-order valence-electron chi connectivity index (χ2n) is 10.6. The van der Waals surface area contributed by atoms with Crippen LogP contribution in [0.15, 0.2) is 71.9 Å². The number of anilines is 2. The fraction of sp³-hybridized carbons (Fsp3) is 0.294. The van der Waals surface area contributed by atoms with E-state index < -0.39 is 23.7 Å². The molecule has 1 unspecified atom stereocenters. The Morgan fingerprint density at radius 1 is 0.891 bits per heavy atom. The van der Waals surface area contributed by atoms with Crippen LogP contribution in [0.1, 0.15) is 28.6 Å². The summed E-state index contributed by atoms with van der Waals surface area (Å²) in [6, 6.07) is 17.3. The molecule has 0 spiro atoms. The molecule has 0 saturated heterocycles. The molecule has 46 heavy (non-hydrogen) atoms. The Labute approximate surface area is 272 Å².